The summed E-state index contributed by atoms with van der Waals surface area (Å²) in [6.45, 7) is 3.71. The van der Waals surface area contributed by atoms with Crippen LogP contribution in [-0.4, -0.2) is 81.1 Å². The Morgan fingerprint density at radius 1 is 0.881 bits per heavy atom. The molecule has 0 aromatic heterocycles. The number of amides is 1. The lowest BCUT2D eigenvalue weighted by atomic mass is 9.52. The van der Waals surface area contributed by atoms with Crippen LogP contribution >= 0.6 is 0 Å². The van der Waals surface area contributed by atoms with E-state index in [2.05, 4.69) is 39.4 Å². The normalized spacial score (nSPS) is 31.0. The van der Waals surface area contributed by atoms with E-state index < -0.39 is 21.7 Å². The number of nitrogens with one attached hydrogen (secondary N) is 1. The molecule has 10 nitrogen and oxygen atoms in total. The summed E-state index contributed by atoms with van der Waals surface area (Å²) in [6, 6.07) is 16.5. The highest BCUT2D eigenvalue weighted by atomic mass is 32.2. The molecule has 6 aliphatic rings. The summed E-state index contributed by atoms with van der Waals surface area (Å²) >= 11 is 0. The van der Waals surface area contributed by atoms with Crippen molar-refractivity contribution < 1.29 is 23.2 Å². The molecule has 5 fully saturated rings. The Morgan fingerprint density at radius 3 is 2.26 bits per heavy atom. The lowest BCUT2D eigenvalue weighted by Crippen LogP contribution is -2.62. The van der Waals surface area contributed by atoms with Crippen molar-refractivity contribution in [1.29, 1.82) is 0 Å². The monoisotopic (exact) mass is 595 g/mol. The molecule has 1 saturated heterocycles. The summed E-state index contributed by atoms with van der Waals surface area (Å²) in [7, 11) is -3.18. The van der Waals surface area contributed by atoms with Gasteiger partial charge in [-0.05, 0) is 92.7 Å². The van der Waals surface area contributed by atoms with Crippen LogP contribution in [0.2, 0.25) is 0 Å². The first kappa shape index (κ1) is 27.8. The first-order valence-electron chi connectivity index (χ1n) is 15.3. The van der Waals surface area contributed by atoms with Gasteiger partial charge in [0.25, 0.3) is 0 Å². The Bertz CT molecular complexity index is 1420. The summed E-state index contributed by atoms with van der Waals surface area (Å²) in [6.07, 6.45) is 6.30. The van der Waals surface area contributed by atoms with Gasteiger partial charge < -0.3 is 25.1 Å². The van der Waals surface area contributed by atoms with Crippen molar-refractivity contribution in [2.45, 2.75) is 50.2 Å². The second kappa shape index (κ2) is 10.6. The quantitative estimate of drug-likeness (QED) is 0.539. The first-order chi connectivity index (χ1) is 20.1. The zero-order chi connectivity index (χ0) is 29.1. The number of sulfonamides is 1. The minimum absolute atomic E-state index is 0.0722. The number of hydroxylamine groups is 1. The van der Waals surface area contributed by atoms with Gasteiger partial charge in [0, 0.05) is 50.1 Å². The number of carbonyl (C=O) groups excluding carboxylic acids is 1. The number of fused-ring (bicyclic) bond motifs is 1. The number of aliphatic hydroxyl groups is 1. The largest absolute Gasteiger partial charge is 0.431 e. The van der Waals surface area contributed by atoms with Crippen LogP contribution in [0.5, 0.6) is 0 Å². The Labute approximate surface area is 248 Å². The van der Waals surface area contributed by atoms with E-state index in [1.54, 1.807) is 9.37 Å². The SMILES string of the molecule is CS(=O)(=O)N1CCCN(c2ccc(N3CCN(OC(=O)NC4[C@@H]5CC6C[C@H]4CC(O)(C6)C5)c4ccccc43)cc2)CC1. The van der Waals surface area contributed by atoms with Crippen LogP contribution < -0.4 is 20.2 Å². The summed E-state index contributed by atoms with van der Waals surface area (Å²) in [5, 5.41) is 15.8. The lowest BCUT2D eigenvalue weighted by molar-refractivity contribution is -0.137. The molecule has 4 aliphatic carbocycles. The maximum Gasteiger partial charge on any atom is 0.431 e. The zero-order valence-electron chi connectivity index (χ0n) is 24.2. The molecule has 2 heterocycles. The van der Waals surface area contributed by atoms with E-state index in [9.17, 15) is 18.3 Å². The van der Waals surface area contributed by atoms with E-state index in [1.165, 1.54) is 6.26 Å². The fourth-order valence-electron chi connectivity index (χ4n) is 8.50. The average molecular weight is 596 g/mol. The van der Waals surface area contributed by atoms with Crippen molar-refractivity contribution in [2.75, 3.05) is 60.4 Å². The van der Waals surface area contributed by atoms with Gasteiger partial charge in [0.05, 0.1) is 29.8 Å². The number of benzene rings is 2. The van der Waals surface area contributed by atoms with Crippen LogP contribution in [0, 0.1) is 17.8 Å². The molecule has 4 saturated carbocycles. The smallest absolute Gasteiger partial charge is 0.390 e. The summed E-state index contributed by atoms with van der Waals surface area (Å²) in [5.74, 6) is 1.24. The first-order valence-corrected chi connectivity index (χ1v) is 17.2. The molecule has 2 N–H and O–H groups in total. The zero-order valence-corrected chi connectivity index (χ0v) is 25.0. The highest BCUT2D eigenvalue weighted by Crippen LogP contribution is 2.55. The van der Waals surface area contributed by atoms with E-state index in [1.807, 2.05) is 24.3 Å². The topological polar surface area (TPSA) is 106 Å². The van der Waals surface area contributed by atoms with Gasteiger partial charge in [0.1, 0.15) is 0 Å². The predicted octanol–water partition coefficient (Wildman–Crippen LogP) is 3.70. The molecule has 5 atom stereocenters. The average Bonchev–Trinajstić information content (AvgIpc) is 3.21. The number of carbonyl (C=O) groups is 1. The van der Waals surface area contributed by atoms with Crippen LogP contribution in [0.15, 0.2) is 48.5 Å². The molecule has 2 aliphatic heterocycles. The van der Waals surface area contributed by atoms with E-state index >= 15 is 0 Å². The lowest BCUT2D eigenvalue weighted by Gasteiger charge is -2.57. The molecule has 2 aromatic rings. The third kappa shape index (κ3) is 5.31. The van der Waals surface area contributed by atoms with E-state index in [0.29, 0.717) is 50.5 Å². The van der Waals surface area contributed by atoms with Crippen molar-refractivity contribution >= 4 is 38.9 Å². The summed E-state index contributed by atoms with van der Waals surface area (Å²) < 4.78 is 25.6. The molecule has 0 radical (unpaired) electrons. The number of nitrogens with zero attached hydrogens (tertiary/aromatic N) is 4. The van der Waals surface area contributed by atoms with Crippen molar-refractivity contribution in [1.82, 2.24) is 9.62 Å². The highest BCUT2D eigenvalue weighted by Gasteiger charge is 2.55. The maximum atomic E-state index is 13.1. The van der Waals surface area contributed by atoms with Gasteiger partial charge in [-0.3, -0.25) is 0 Å². The molecule has 11 heteroatoms. The Hall–Kier alpha value is -3.02. The molecular weight excluding hydrogens is 554 g/mol. The molecule has 3 unspecified atom stereocenters. The van der Waals surface area contributed by atoms with Gasteiger partial charge in [-0.1, -0.05) is 12.1 Å². The Balaban J connectivity index is 1.01. The van der Waals surface area contributed by atoms with Gasteiger partial charge in [0.2, 0.25) is 10.0 Å². The van der Waals surface area contributed by atoms with Crippen molar-refractivity contribution in [3.63, 3.8) is 0 Å². The molecule has 1 amide bonds. The van der Waals surface area contributed by atoms with Crippen molar-refractivity contribution in [3.05, 3.63) is 48.5 Å². The van der Waals surface area contributed by atoms with Crippen LogP contribution in [0.25, 0.3) is 0 Å². The maximum absolute atomic E-state index is 13.1. The third-order valence-corrected chi connectivity index (χ3v) is 11.4. The van der Waals surface area contributed by atoms with Gasteiger partial charge in [-0.2, -0.15) is 0 Å². The number of rotatable bonds is 5. The Kier molecular flexibility index (Phi) is 7.02. The minimum atomic E-state index is -3.18. The summed E-state index contributed by atoms with van der Waals surface area (Å²) in [4.78, 5) is 23.5. The Morgan fingerprint density at radius 2 is 1.57 bits per heavy atom. The molecule has 0 spiro atoms. The van der Waals surface area contributed by atoms with E-state index in [-0.39, 0.29) is 6.04 Å². The van der Waals surface area contributed by atoms with Gasteiger partial charge >= 0.3 is 6.09 Å². The predicted molar refractivity (Wildman–Crippen MR) is 162 cm³/mol. The van der Waals surface area contributed by atoms with E-state index in [4.69, 9.17) is 4.84 Å². The van der Waals surface area contributed by atoms with Gasteiger partial charge in [-0.25, -0.2) is 22.6 Å². The molecule has 226 valence electrons. The molecule has 2 aromatic carbocycles. The van der Waals surface area contributed by atoms with E-state index in [0.717, 1.165) is 67.8 Å². The van der Waals surface area contributed by atoms with Crippen LogP contribution in [-0.2, 0) is 14.9 Å². The van der Waals surface area contributed by atoms with Crippen molar-refractivity contribution in [2.24, 2.45) is 17.8 Å². The molecular formula is C31H41N5O5S. The second-order valence-electron chi connectivity index (χ2n) is 13.0. The minimum Gasteiger partial charge on any atom is -0.390 e. The number of hydrogen-bond donors (Lipinski definition) is 2. The van der Waals surface area contributed by atoms with Crippen molar-refractivity contribution in [3.8, 4) is 0 Å². The number of hydrogen-bond acceptors (Lipinski definition) is 8. The number of para-hydroxylation sites is 2. The van der Waals surface area contributed by atoms with Crippen LogP contribution in [0.4, 0.5) is 27.5 Å². The molecule has 42 heavy (non-hydrogen) atoms. The third-order valence-electron chi connectivity index (χ3n) is 10.1. The second-order valence-corrected chi connectivity index (χ2v) is 15.0. The summed E-state index contributed by atoms with van der Waals surface area (Å²) in [5.41, 5.74) is 3.42. The standard InChI is InChI=1S/C31H41N5O5S/c1-42(39,40)34-12-4-11-33(13-14-34)25-7-9-26(10-8-25)35-15-16-36(28-6-3-2-5-27(28)35)41-30(37)32-29-23-17-22-18-24(29)21-31(38,19-22)20-23/h2-3,5-10,22-24,29,38H,4,11-21H2,1H3,(H,32,37)/t22?,23-,24+,29?,31?. The molecule has 8 rings (SSSR count). The fourth-order valence-corrected chi connectivity index (χ4v) is 9.38. The fraction of sp³-hybridized carbons (Fsp3) is 0.581. The van der Waals surface area contributed by atoms with Gasteiger partial charge in [0.15, 0.2) is 0 Å². The van der Waals surface area contributed by atoms with Crippen LogP contribution in [0.3, 0.4) is 0 Å². The molecule has 4 bridgehead atoms. The van der Waals surface area contributed by atoms with Crippen LogP contribution in [0.1, 0.15) is 38.5 Å². The highest BCUT2D eigenvalue weighted by molar-refractivity contribution is 7.88. The van der Waals surface area contributed by atoms with Gasteiger partial charge in [-0.15, -0.1) is 0 Å². The number of anilines is 4.